The second-order valence-electron chi connectivity index (χ2n) is 5.34. The average molecular weight is 321 g/mol. The Morgan fingerprint density at radius 3 is 2.64 bits per heavy atom. The summed E-state index contributed by atoms with van der Waals surface area (Å²) in [5.74, 6) is -0.584. The lowest BCUT2D eigenvalue weighted by Gasteiger charge is -2.40. The van der Waals surface area contributed by atoms with Gasteiger partial charge in [-0.1, -0.05) is 13.8 Å². The van der Waals surface area contributed by atoms with Gasteiger partial charge in [-0.25, -0.2) is 0 Å². The summed E-state index contributed by atoms with van der Waals surface area (Å²) in [5, 5.41) is 31.6. The summed E-state index contributed by atoms with van der Waals surface area (Å²) >= 11 is 0. The van der Waals surface area contributed by atoms with Gasteiger partial charge in [-0.15, -0.1) is 0 Å². The van der Waals surface area contributed by atoms with E-state index in [1.165, 1.54) is 0 Å². The zero-order valence-electron chi connectivity index (χ0n) is 13.1. The Morgan fingerprint density at radius 1 is 1.27 bits per heavy atom. The van der Waals surface area contributed by atoms with Crippen molar-refractivity contribution in [2.24, 2.45) is 5.92 Å². The Labute approximate surface area is 130 Å². The molecule has 4 N–H and O–H groups in total. The molecule has 1 saturated heterocycles. The quantitative estimate of drug-likeness (QED) is 0.387. The van der Waals surface area contributed by atoms with E-state index in [0.29, 0.717) is 6.54 Å². The van der Waals surface area contributed by atoms with Gasteiger partial charge in [-0.05, 0) is 6.42 Å². The van der Waals surface area contributed by atoms with Crippen LogP contribution in [0.15, 0.2) is 0 Å². The third-order valence-electron chi connectivity index (χ3n) is 3.56. The highest BCUT2D eigenvalue weighted by molar-refractivity contribution is 5.77. The fourth-order valence-corrected chi connectivity index (χ4v) is 2.12. The predicted molar refractivity (Wildman–Crippen MR) is 77.0 cm³/mol. The molecule has 0 bridgehead atoms. The van der Waals surface area contributed by atoms with Crippen molar-refractivity contribution in [3.8, 4) is 0 Å². The van der Waals surface area contributed by atoms with E-state index in [-0.39, 0.29) is 32.3 Å². The van der Waals surface area contributed by atoms with Crippen LogP contribution in [-0.2, 0) is 19.0 Å². The summed E-state index contributed by atoms with van der Waals surface area (Å²) in [7, 11) is 0. The van der Waals surface area contributed by atoms with Crippen molar-refractivity contribution in [3.05, 3.63) is 0 Å². The van der Waals surface area contributed by atoms with E-state index in [9.17, 15) is 20.1 Å². The summed E-state index contributed by atoms with van der Waals surface area (Å²) in [6.07, 6.45) is -2.98. The van der Waals surface area contributed by atoms with Crippen LogP contribution in [0.1, 0.15) is 20.3 Å². The number of hydrogen-bond donors (Lipinski definition) is 4. The molecule has 0 spiro atoms. The van der Waals surface area contributed by atoms with Crippen molar-refractivity contribution < 1.29 is 34.3 Å². The predicted octanol–water partition coefficient (Wildman–Crippen LogP) is -1.38. The monoisotopic (exact) mass is 321 g/mol. The highest BCUT2D eigenvalue weighted by Crippen LogP contribution is 2.26. The number of ether oxygens (including phenoxy) is 3. The second kappa shape index (κ2) is 10.1. The van der Waals surface area contributed by atoms with E-state index in [2.05, 4.69) is 5.32 Å². The molecule has 0 radical (unpaired) electrons. The van der Waals surface area contributed by atoms with Crippen LogP contribution in [0, 0.1) is 5.92 Å². The summed E-state index contributed by atoms with van der Waals surface area (Å²) in [6.45, 7) is 4.18. The topological polar surface area (TPSA) is 117 Å². The molecule has 8 nitrogen and oxygen atoms in total. The van der Waals surface area contributed by atoms with Crippen molar-refractivity contribution in [2.45, 2.75) is 44.9 Å². The van der Waals surface area contributed by atoms with Gasteiger partial charge < -0.3 is 34.8 Å². The molecule has 1 aliphatic rings. The third-order valence-corrected chi connectivity index (χ3v) is 3.56. The van der Waals surface area contributed by atoms with E-state index in [1.54, 1.807) is 6.92 Å². The first kappa shape index (κ1) is 19.3. The van der Waals surface area contributed by atoms with Gasteiger partial charge in [0.1, 0.15) is 12.7 Å². The summed E-state index contributed by atoms with van der Waals surface area (Å²) in [5.41, 5.74) is 0. The standard InChI is InChI=1S/C14H27NO7/c1-3-4-15-11(17)8-20-5-6-21-14-13(19)12(18)9(2)10(7-16)22-14/h9-10,12-14,16,18-19H,3-8H2,1-2H3,(H,15,17)/t9-,10?,12?,13+,14+/m0/s1. The summed E-state index contributed by atoms with van der Waals surface area (Å²) in [6, 6.07) is 0. The summed E-state index contributed by atoms with van der Waals surface area (Å²) in [4.78, 5) is 11.3. The maximum absolute atomic E-state index is 11.3. The van der Waals surface area contributed by atoms with Crippen LogP contribution in [0.4, 0.5) is 0 Å². The number of amides is 1. The lowest BCUT2D eigenvalue weighted by molar-refractivity contribution is -0.289. The van der Waals surface area contributed by atoms with Crippen molar-refractivity contribution in [1.29, 1.82) is 0 Å². The van der Waals surface area contributed by atoms with E-state index in [0.717, 1.165) is 6.42 Å². The average Bonchev–Trinajstić information content (AvgIpc) is 2.52. The fourth-order valence-electron chi connectivity index (χ4n) is 2.12. The number of rotatable bonds is 9. The molecule has 0 aliphatic carbocycles. The first-order valence-electron chi connectivity index (χ1n) is 7.59. The maximum Gasteiger partial charge on any atom is 0.245 e. The number of aliphatic hydroxyl groups is 3. The largest absolute Gasteiger partial charge is 0.394 e. The fraction of sp³-hybridized carbons (Fsp3) is 0.929. The van der Waals surface area contributed by atoms with E-state index >= 15 is 0 Å². The zero-order chi connectivity index (χ0) is 16.5. The van der Waals surface area contributed by atoms with Gasteiger partial charge in [-0.2, -0.15) is 0 Å². The van der Waals surface area contributed by atoms with E-state index < -0.39 is 30.5 Å². The minimum absolute atomic E-state index is 0.0592. The Balaban J connectivity index is 2.22. The van der Waals surface area contributed by atoms with Crippen LogP contribution in [-0.4, -0.2) is 78.8 Å². The highest BCUT2D eigenvalue weighted by Gasteiger charge is 2.42. The van der Waals surface area contributed by atoms with Crippen molar-refractivity contribution >= 4 is 5.91 Å². The Kier molecular flexibility index (Phi) is 8.84. The molecule has 1 rings (SSSR count). The van der Waals surface area contributed by atoms with Gasteiger partial charge in [-0.3, -0.25) is 4.79 Å². The number of hydrogen-bond acceptors (Lipinski definition) is 7. The van der Waals surface area contributed by atoms with Gasteiger partial charge >= 0.3 is 0 Å². The van der Waals surface area contributed by atoms with Crippen molar-refractivity contribution in [1.82, 2.24) is 5.32 Å². The van der Waals surface area contributed by atoms with Gasteiger partial charge in [0.2, 0.25) is 5.91 Å². The molecule has 22 heavy (non-hydrogen) atoms. The molecule has 0 aromatic heterocycles. The minimum atomic E-state index is -1.19. The van der Waals surface area contributed by atoms with Crippen molar-refractivity contribution in [2.75, 3.05) is 33.0 Å². The molecule has 1 aliphatic heterocycles. The molecule has 5 atom stereocenters. The molecular weight excluding hydrogens is 294 g/mol. The summed E-state index contributed by atoms with van der Waals surface area (Å²) < 4.78 is 15.8. The van der Waals surface area contributed by atoms with Crippen LogP contribution in [0.3, 0.4) is 0 Å². The minimum Gasteiger partial charge on any atom is -0.394 e. The molecule has 1 heterocycles. The van der Waals surface area contributed by atoms with Crippen LogP contribution in [0.5, 0.6) is 0 Å². The van der Waals surface area contributed by atoms with Gasteiger partial charge in [0.15, 0.2) is 6.29 Å². The molecule has 1 amide bonds. The lowest BCUT2D eigenvalue weighted by Crippen LogP contribution is -2.55. The molecule has 8 heteroatoms. The molecule has 0 saturated carbocycles. The van der Waals surface area contributed by atoms with E-state index in [4.69, 9.17) is 14.2 Å². The molecule has 2 unspecified atom stereocenters. The highest BCUT2D eigenvalue weighted by atomic mass is 16.7. The second-order valence-corrected chi connectivity index (χ2v) is 5.34. The SMILES string of the molecule is CCCNC(=O)COCCO[C@@H]1OC(CO)[C@H](C)C(O)[C@H]1O. The molecular formula is C14H27NO7. The first-order chi connectivity index (χ1) is 10.5. The van der Waals surface area contributed by atoms with E-state index in [1.807, 2.05) is 6.92 Å². The normalized spacial score (nSPS) is 32.0. The maximum atomic E-state index is 11.3. The molecule has 0 aromatic rings. The Morgan fingerprint density at radius 2 is 2.00 bits per heavy atom. The number of carbonyl (C=O) groups excluding carboxylic acids is 1. The van der Waals surface area contributed by atoms with Crippen LogP contribution < -0.4 is 5.32 Å². The van der Waals surface area contributed by atoms with Gasteiger partial charge in [0.25, 0.3) is 0 Å². The first-order valence-corrected chi connectivity index (χ1v) is 7.59. The third kappa shape index (κ3) is 5.79. The lowest BCUT2D eigenvalue weighted by atomic mass is 9.91. The Bertz CT molecular complexity index is 326. The van der Waals surface area contributed by atoms with Crippen LogP contribution >= 0.6 is 0 Å². The van der Waals surface area contributed by atoms with Crippen molar-refractivity contribution in [3.63, 3.8) is 0 Å². The zero-order valence-corrected chi connectivity index (χ0v) is 13.1. The van der Waals surface area contributed by atoms with Crippen LogP contribution in [0.2, 0.25) is 0 Å². The number of nitrogens with one attached hydrogen (secondary N) is 1. The smallest absolute Gasteiger partial charge is 0.245 e. The molecule has 1 fully saturated rings. The van der Waals surface area contributed by atoms with Gasteiger partial charge in [0.05, 0.1) is 32.0 Å². The molecule has 130 valence electrons. The van der Waals surface area contributed by atoms with Crippen LogP contribution in [0.25, 0.3) is 0 Å². The Hall–Kier alpha value is -0.770. The van der Waals surface area contributed by atoms with Gasteiger partial charge in [0, 0.05) is 12.5 Å². The number of aliphatic hydroxyl groups excluding tert-OH is 3. The number of carbonyl (C=O) groups is 1. The molecule has 0 aromatic carbocycles.